The summed E-state index contributed by atoms with van der Waals surface area (Å²) >= 11 is 0. The summed E-state index contributed by atoms with van der Waals surface area (Å²) in [6.45, 7) is 6.24. The predicted octanol–water partition coefficient (Wildman–Crippen LogP) is 1.60. The lowest BCUT2D eigenvalue weighted by molar-refractivity contribution is -0.140. The molecule has 0 aromatic heterocycles. The first kappa shape index (κ1) is 17.6. The molecule has 2 heterocycles. The Labute approximate surface area is 149 Å². The summed E-state index contributed by atoms with van der Waals surface area (Å²) in [6.07, 6.45) is 1.58. The molecule has 0 spiro atoms. The zero-order chi connectivity index (χ0) is 17.8. The number of carbonyl (C=O) groups excluding carboxylic acids is 2. The van der Waals surface area contributed by atoms with E-state index in [9.17, 15) is 9.59 Å². The van der Waals surface area contributed by atoms with E-state index < -0.39 is 0 Å². The van der Waals surface area contributed by atoms with Gasteiger partial charge >= 0.3 is 0 Å². The van der Waals surface area contributed by atoms with Crippen LogP contribution < -0.4 is 9.64 Å². The van der Waals surface area contributed by atoms with E-state index in [-0.39, 0.29) is 17.7 Å². The van der Waals surface area contributed by atoms with E-state index in [2.05, 4.69) is 17.0 Å². The maximum atomic E-state index is 12.7. The van der Waals surface area contributed by atoms with E-state index in [0.29, 0.717) is 13.1 Å². The molecular weight excluding hydrogens is 318 g/mol. The van der Waals surface area contributed by atoms with Crippen LogP contribution >= 0.6 is 0 Å². The fourth-order valence-corrected chi connectivity index (χ4v) is 3.68. The molecule has 0 saturated carbocycles. The third-order valence-electron chi connectivity index (χ3n) is 5.32. The SMILES string of the molecule is COc1ccc(N2CCN(C(=O)C3CCN(C(C)=O)CC3)CC2)cc1. The van der Waals surface area contributed by atoms with E-state index in [0.717, 1.165) is 44.8 Å². The first-order valence-electron chi connectivity index (χ1n) is 9.02. The molecule has 2 amide bonds. The van der Waals surface area contributed by atoms with Gasteiger partial charge in [-0.25, -0.2) is 0 Å². The van der Waals surface area contributed by atoms with Gasteiger partial charge in [-0.2, -0.15) is 0 Å². The third kappa shape index (κ3) is 4.06. The van der Waals surface area contributed by atoms with Gasteiger partial charge in [0.25, 0.3) is 0 Å². The lowest BCUT2D eigenvalue weighted by Crippen LogP contribution is -2.52. The summed E-state index contributed by atoms with van der Waals surface area (Å²) < 4.78 is 5.20. The lowest BCUT2D eigenvalue weighted by Gasteiger charge is -2.39. The van der Waals surface area contributed by atoms with Crippen molar-refractivity contribution >= 4 is 17.5 Å². The minimum Gasteiger partial charge on any atom is -0.497 e. The fraction of sp³-hybridized carbons (Fsp3) is 0.579. The molecule has 6 nitrogen and oxygen atoms in total. The van der Waals surface area contributed by atoms with Crippen molar-refractivity contribution in [2.24, 2.45) is 5.92 Å². The van der Waals surface area contributed by atoms with E-state index in [1.807, 2.05) is 21.9 Å². The minimum atomic E-state index is 0.0723. The topological polar surface area (TPSA) is 53.1 Å². The van der Waals surface area contributed by atoms with Crippen molar-refractivity contribution in [1.82, 2.24) is 9.80 Å². The summed E-state index contributed by atoms with van der Waals surface area (Å²) in [7, 11) is 1.67. The third-order valence-corrected chi connectivity index (χ3v) is 5.32. The number of carbonyl (C=O) groups is 2. The van der Waals surface area contributed by atoms with Gasteiger partial charge in [-0.05, 0) is 37.1 Å². The van der Waals surface area contributed by atoms with Gasteiger partial charge in [-0.15, -0.1) is 0 Å². The van der Waals surface area contributed by atoms with Crippen LogP contribution in [0.1, 0.15) is 19.8 Å². The molecule has 3 rings (SSSR count). The second kappa shape index (κ2) is 7.76. The minimum absolute atomic E-state index is 0.0723. The smallest absolute Gasteiger partial charge is 0.225 e. The van der Waals surface area contributed by atoms with Crippen LogP contribution in [-0.2, 0) is 9.59 Å². The number of methoxy groups -OCH3 is 1. The molecule has 2 aliphatic rings. The molecule has 136 valence electrons. The van der Waals surface area contributed by atoms with Gasteiger partial charge in [0.1, 0.15) is 5.75 Å². The molecule has 0 bridgehead atoms. The van der Waals surface area contributed by atoms with Crippen LogP contribution in [0, 0.1) is 5.92 Å². The Kier molecular flexibility index (Phi) is 5.46. The van der Waals surface area contributed by atoms with Crippen LogP contribution in [0.3, 0.4) is 0 Å². The van der Waals surface area contributed by atoms with Crippen molar-refractivity contribution in [1.29, 1.82) is 0 Å². The van der Waals surface area contributed by atoms with Gasteiger partial charge in [0.05, 0.1) is 7.11 Å². The molecule has 0 atom stereocenters. The zero-order valence-corrected chi connectivity index (χ0v) is 15.1. The molecule has 0 unspecified atom stereocenters. The van der Waals surface area contributed by atoms with Gasteiger partial charge in [0, 0.05) is 57.8 Å². The van der Waals surface area contributed by atoms with E-state index in [1.54, 1.807) is 14.0 Å². The Bertz CT molecular complexity index is 601. The van der Waals surface area contributed by atoms with Crippen LogP contribution in [0.4, 0.5) is 5.69 Å². The molecule has 0 radical (unpaired) electrons. The summed E-state index contributed by atoms with van der Waals surface area (Å²) in [4.78, 5) is 30.3. The molecule has 0 aliphatic carbocycles. The Morgan fingerprint density at radius 2 is 1.52 bits per heavy atom. The maximum Gasteiger partial charge on any atom is 0.225 e. The Morgan fingerprint density at radius 1 is 0.920 bits per heavy atom. The standard InChI is InChI=1S/C19H27N3O3/c1-15(23)20-9-7-16(8-10-20)19(24)22-13-11-21(12-14-22)17-3-5-18(25-2)6-4-17/h3-6,16H,7-14H2,1-2H3. The largest absolute Gasteiger partial charge is 0.497 e. The normalized spacial score (nSPS) is 19.0. The van der Waals surface area contributed by atoms with E-state index >= 15 is 0 Å². The first-order valence-corrected chi connectivity index (χ1v) is 9.02. The number of amides is 2. The van der Waals surface area contributed by atoms with Gasteiger partial charge in [0.15, 0.2) is 0 Å². The highest BCUT2D eigenvalue weighted by atomic mass is 16.5. The van der Waals surface area contributed by atoms with Crippen molar-refractivity contribution < 1.29 is 14.3 Å². The number of anilines is 1. The summed E-state index contributed by atoms with van der Waals surface area (Å²) in [5.74, 6) is 1.30. The molecule has 6 heteroatoms. The zero-order valence-electron chi connectivity index (χ0n) is 15.1. The Hall–Kier alpha value is -2.24. The molecule has 25 heavy (non-hydrogen) atoms. The predicted molar refractivity (Wildman–Crippen MR) is 96.8 cm³/mol. The van der Waals surface area contributed by atoms with Gasteiger partial charge < -0.3 is 19.4 Å². The average Bonchev–Trinajstić information content (AvgIpc) is 2.67. The molecular formula is C19H27N3O3. The summed E-state index contributed by atoms with van der Waals surface area (Å²) in [5.41, 5.74) is 1.17. The summed E-state index contributed by atoms with van der Waals surface area (Å²) in [6, 6.07) is 8.06. The second-order valence-electron chi connectivity index (χ2n) is 6.79. The number of hydrogen-bond acceptors (Lipinski definition) is 4. The number of ether oxygens (including phenoxy) is 1. The molecule has 1 aromatic rings. The number of piperidine rings is 1. The molecule has 0 N–H and O–H groups in total. The number of likely N-dealkylation sites (tertiary alicyclic amines) is 1. The Balaban J connectivity index is 1.50. The van der Waals surface area contributed by atoms with Crippen LogP contribution in [0.25, 0.3) is 0 Å². The van der Waals surface area contributed by atoms with E-state index in [4.69, 9.17) is 4.74 Å². The first-order chi connectivity index (χ1) is 12.1. The average molecular weight is 345 g/mol. The highest BCUT2D eigenvalue weighted by Crippen LogP contribution is 2.23. The number of hydrogen-bond donors (Lipinski definition) is 0. The molecule has 2 fully saturated rings. The number of benzene rings is 1. The highest BCUT2D eigenvalue weighted by molar-refractivity contribution is 5.80. The van der Waals surface area contributed by atoms with Crippen molar-refractivity contribution in [3.05, 3.63) is 24.3 Å². The number of nitrogens with zero attached hydrogens (tertiary/aromatic N) is 3. The van der Waals surface area contributed by atoms with Gasteiger partial charge in [-0.3, -0.25) is 9.59 Å². The highest BCUT2D eigenvalue weighted by Gasteiger charge is 2.31. The fourth-order valence-electron chi connectivity index (χ4n) is 3.68. The van der Waals surface area contributed by atoms with Crippen LogP contribution in [-0.4, -0.2) is 68.0 Å². The lowest BCUT2D eigenvalue weighted by atomic mass is 9.95. The monoisotopic (exact) mass is 345 g/mol. The van der Waals surface area contributed by atoms with Crippen molar-refractivity contribution in [3.63, 3.8) is 0 Å². The van der Waals surface area contributed by atoms with E-state index in [1.165, 1.54) is 5.69 Å². The van der Waals surface area contributed by atoms with Gasteiger partial charge in [0.2, 0.25) is 11.8 Å². The van der Waals surface area contributed by atoms with Gasteiger partial charge in [-0.1, -0.05) is 0 Å². The number of piperazine rings is 1. The summed E-state index contributed by atoms with van der Waals surface area (Å²) in [5, 5.41) is 0. The van der Waals surface area contributed by atoms with Crippen molar-refractivity contribution in [3.8, 4) is 5.75 Å². The quantitative estimate of drug-likeness (QED) is 0.835. The second-order valence-corrected chi connectivity index (χ2v) is 6.79. The number of rotatable bonds is 3. The van der Waals surface area contributed by atoms with Crippen LogP contribution in [0.2, 0.25) is 0 Å². The maximum absolute atomic E-state index is 12.7. The Morgan fingerprint density at radius 3 is 2.04 bits per heavy atom. The van der Waals surface area contributed by atoms with Crippen molar-refractivity contribution in [2.45, 2.75) is 19.8 Å². The molecule has 1 aromatic carbocycles. The molecule has 2 saturated heterocycles. The van der Waals surface area contributed by atoms with Crippen molar-refractivity contribution in [2.75, 3.05) is 51.3 Å². The van der Waals surface area contributed by atoms with Crippen LogP contribution in [0.5, 0.6) is 5.75 Å². The molecule has 2 aliphatic heterocycles. The van der Waals surface area contributed by atoms with Crippen LogP contribution in [0.15, 0.2) is 24.3 Å².